The molecule has 0 atom stereocenters. The van der Waals surface area contributed by atoms with Gasteiger partial charge in [0.1, 0.15) is 0 Å². The Hall–Kier alpha value is -0.130. The van der Waals surface area contributed by atoms with Crippen LogP contribution < -0.4 is 5.32 Å². The zero-order valence-corrected chi connectivity index (χ0v) is 11.4. The van der Waals surface area contributed by atoms with Crippen LogP contribution in [0.1, 0.15) is 40.0 Å². The van der Waals surface area contributed by atoms with Crippen LogP contribution in [0.15, 0.2) is 0 Å². The molecule has 1 N–H and O–H groups in total. The maximum Gasteiger partial charge on any atom is 0.214 e. The number of rotatable bonds is 3. The predicted molar refractivity (Wildman–Crippen MR) is 67.0 cm³/mol. The fourth-order valence-corrected chi connectivity index (χ4v) is 3.65. The summed E-state index contributed by atoms with van der Waals surface area (Å²) in [6.07, 6.45) is 2.67. The molecule has 1 aliphatic rings. The Bertz CT molecular complexity index is 312. The Morgan fingerprint density at radius 1 is 1.38 bits per heavy atom. The van der Waals surface area contributed by atoms with E-state index in [2.05, 4.69) is 26.1 Å². The van der Waals surface area contributed by atoms with Crippen LogP contribution in [0.25, 0.3) is 0 Å². The molecule has 0 radical (unpaired) electrons. The van der Waals surface area contributed by atoms with Gasteiger partial charge in [-0.05, 0) is 33.2 Å². The van der Waals surface area contributed by atoms with E-state index in [1.54, 1.807) is 4.31 Å². The van der Waals surface area contributed by atoms with Crippen LogP contribution in [-0.4, -0.2) is 43.6 Å². The molecule has 1 fully saturated rings. The largest absolute Gasteiger partial charge is 0.310 e. The third-order valence-corrected chi connectivity index (χ3v) is 4.81. The molecule has 1 saturated heterocycles. The summed E-state index contributed by atoms with van der Waals surface area (Å²) < 4.78 is 25.7. The van der Waals surface area contributed by atoms with E-state index in [1.165, 1.54) is 0 Å². The van der Waals surface area contributed by atoms with E-state index in [-0.39, 0.29) is 11.3 Å². The SMILES string of the molecule is CCCCN1CC(C)(C)NCCCS1(=O)=O. The van der Waals surface area contributed by atoms with Gasteiger partial charge < -0.3 is 5.32 Å². The Kier molecular flexibility index (Phi) is 4.76. The minimum absolute atomic E-state index is 0.124. The van der Waals surface area contributed by atoms with E-state index >= 15 is 0 Å². The summed E-state index contributed by atoms with van der Waals surface area (Å²) in [5, 5.41) is 3.40. The highest BCUT2D eigenvalue weighted by Gasteiger charge is 2.30. The van der Waals surface area contributed by atoms with Crippen LogP contribution in [-0.2, 0) is 10.0 Å². The lowest BCUT2D eigenvalue weighted by Crippen LogP contribution is -2.53. The van der Waals surface area contributed by atoms with E-state index in [4.69, 9.17) is 0 Å². The minimum atomic E-state index is -3.03. The lowest BCUT2D eigenvalue weighted by atomic mass is 10.1. The molecule has 1 heterocycles. The number of hydrogen-bond acceptors (Lipinski definition) is 3. The van der Waals surface area contributed by atoms with Crippen molar-refractivity contribution in [2.24, 2.45) is 0 Å². The Labute approximate surface area is 99.5 Å². The molecule has 4 nitrogen and oxygen atoms in total. The van der Waals surface area contributed by atoms with Gasteiger partial charge in [0.15, 0.2) is 0 Å². The maximum atomic E-state index is 12.0. The second-order valence-electron chi connectivity index (χ2n) is 5.17. The van der Waals surface area contributed by atoms with Gasteiger partial charge >= 0.3 is 0 Å². The molecule has 0 aromatic carbocycles. The topological polar surface area (TPSA) is 49.4 Å². The molecule has 0 amide bonds. The molecule has 0 bridgehead atoms. The number of sulfonamides is 1. The van der Waals surface area contributed by atoms with Crippen molar-refractivity contribution < 1.29 is 8.42 Å². The monoisotopic (exact) mass is 248 g/mol. The molecular weight excluding hydrogens is 224 g/mol. The van der Waals surface area contributed by atoms with Crippen molar-refractivity contribution in [3.05, 3.63) is 0 Å². The van der Waals surface area contributed by atoms with Crippen LogP contribution >= 0.6 is 0 Å². The van der Waals surface area contributed by atoms with Gasteiger partial charge in [0.2, 0.25) is 10.0 Å². The second kappa shape index (κ2) is 5.47. The van der Waals surface area contributed by atoms with Gasteiger partial charge in [-0.15, -0.1) is 0 Å². The maximum absolute atomic E-state index is 12.0. The highest BCUT2D eigenvalue weighted by Crippen LogP contribution is 2.15. The quantitative estimate of drug-likeness (QED) is 0.816. The lowest BCUT2D eigenvalue weighted by molar-refractivity contribution is 0.275. The second-order valence-corrected chi connectivity index (χ2v) is 7.26. The smallest absolute Gasteiger partial charge is 0.214 e. The van der Waals surface area contributed by atoms with Crippen molar-refractivity contribution in [3.8, 4) is 0 Å². The average Bonchev–Trinajstić information content (AvgIpc) is 2.18. The molecule has 5 heteroatoms. The molecule has 1 rings (SSSR count). The first kappa shape index (κ1) is 13.9. The zero-order valence-electron chi connectivity index (χ0n) is 10.6. The standard InChI is InChI=1S/C11H24N2O2S/c1-4-5-8-13-10-11(2,3)12-7-6-9-16(13,14)15/h12H,4-10H2,1-3H3. The van der Waals surface area contributed by atoms with Crippen molar-refractivity contribution in [2.75, 3.05) is 25.4 Å². The minimum Gasteiger partial charge on any atom is -0.310 e. The number of unbranched alkanes of at least 4 members (excludes halogenated alkanes) is 1. The molecule has 0 aromatic rings. The van der Waals surface area contributed by atoms with Gasteiger partial charge in [0.25, 0.3) is 0 Å². The molecule has 96 valence electrons. The molecule has 0 aromatic heterocycles. The van der Waals surface area contributed by atoms with E-state index in [0.717, 1.165) is 19.4 Å². The highest BCUT2D eigenvalue weighted by atomic mass is 32.2. The van der Waals surface area contributed by atoms with Crippen molar-refractivity contribution in [2.45, 2.75) is 45.6 Å². The third-order valence-electron chi connectivity index (χ3n) is 2.91. The number of nitrogens with one attached hydrogen (secondary N) is 1. The first-order chi connectivity index (χ1) is 7.37. The summed E-state index contributed by atoms with van der Waals surface area (Å²) in [5.74, 6) is 0.278. The molecule has 0 aliphatic carbocycles. The van der Waals surface area contributed by atoms with Crippen LogP contribution in [0.5, 0.6) is 0 Å². The van der Waals surface area contributed by atoms with E-state index < -0.39 is 10.0 Å². The number of hydrogen-bond donors (Lipinski definition) is 1. The predicted octanol–water partition coefficient (Wildman–Crippen LogP) is 1.19. The van der Waals surface area contributed by atoms with Gasteiger partial charge in [-0.25, -0.2) is 12.7 Å². The van der Waals surface area contributed by atoms with Crippen LogP contribution in [0, 0.1) is 0 Å². The van der Waals surface area contributed by atoms with Crippen molar-refractivity contribution in [1.29, 1.82) is 0 Å². The van der Waals surface area contributed by atoms with Crippen LogP contribution in [0.2, 0.25) is 0 Å². The first-order valence-electron chi connectivity index (χ1n) is 6.10. The summed E-state index contributed by atoms with van der Waals surface area (Å²) in [5.41, 5.74) is -0.124. The van der Waals surface area contributed by atoms with Crippen molar-refractivity contribution in [3.63, 3.8) is 0 Å². The summed E-state index contributed by atoms with van der Waals surface area (Å²) in [6, 6.07) is 0. The summed E-state index contributed by atoms with van der Waals surface area (Å²) >= 11 is 0. The van der Waals surface area contributed by atoms with Crippen molar-refractivity contribution in [1.82, 2.24) is 9.62 Å². The Morgan fingerprint density at radius 3 is 2.69 bits per heavy atom. The first-order valence-corrected chi connectivity index (χ1v) is 7.71. The summed E-state index contributed by atoms with van der Waals surface area (Å²) in [4.78, 5) is 0. The molecule has 1 aliphatic heterocycles. The fraction of sp³-hybridized carbons (Fsp3) is 1.00. The fourth-order valence-electron chi connectivity index (χ4n) is 1.96. The van der Waals surface area contributed by atoms with Gasteiger partial charge in [0, 0.05) is 18.6 Å². The number of nitrogens with zero attached hydrogens (tertiary/aromatic N) is 1. The molecule has 0 spiro atoms. The van der Waals surface area contributed by atoms with Gasteiger partial charge in [-0.1, -0.05) is 13.3 Å². The zero-order chi connectivity index (χ0) is 12.2. The van der Waals surface area contributed by atoms with Crippen LogP contribution in [0.3, 0.4) is 0 Å². The van der Waals surface area contributed by atoms with Gasteiger partial charge in [-0.2, -0.15) is 0 Å². The van der Waals surface area contributed by atoms with Crippen LogP contribution in [0.4, 0.5) is 0 Å². The van der Waals surface area contributed by atoms with E-state index in [0.29, 0.717) is 19.5 Å². The lowest BCUT2D eigenvalue weighted by Gasteiger charge is -2.35. The van der Waals surface area contributed by atoms with E-state index in [9.17, 15) is 8.42 Å². The third kappa shape index (κ3) is 4.03. The summed E-state index contributed by atoms with van der Waals surface area (Å²) in [7, 11) is -3.03. The average molecular weight is 248 g/mol. The molecule has 0 saturated carbocycles. The van der Waals surface area contributed by atoms with Gasteiger partial charge in [-0.3, -0.25) is 0 Å². The summed E-state index contributed by atoms with van der Waals surface area (Å²) in [6.45, 7) is 8.23. The molecule has 16 heavy (non-hydrogen) atoms. The van der Waals surface area contributed by atoms with Gasteiger partial charge in [0.05, 0.1) is 5.75 Å². The van der Waals surface area contributed by atoms with Crippen molar-refractivity contribution >= 4 is 10.0 Å². The Morgan fingerprint density at radius 2 is 2.06 bits per heavy atom. The highest BCUT2D eigenvalue weighted by molar-refractivity contribution is 7.89. The normalized spacial score (nSPS) is 25.9. The van der Waals surface area contributed by atoms with E-state index in [1.807, 2.05) is 0 Å². The Balaban J connectivity index is 2.77. The molecule has 0 unspecified atom stereocenters. The molecular formula is C11H24N2O2S.